The smallest absolute Gasteiger partial charge is 0.254 e. The summed E-state index contributed by atoms with van der Waals surface area (Å²) in [5.74, 6) is 0.0373. The largest absolute Gasteiger partial charge is 0.349 e. The van der Waals surface area contributed by atoms with E-state index in [1.54, 1.807) is 0 Å². The monoisotopic (exact) mass is 487 g/mol. The first-order valence-electron chi connectivity index (χ1n) is 10.4. The zero-order chi connectivity index (χ0) is 20.1. The minimum Gasteiger partial charge on any atom is -0.349 e. The van der Waals surface area contributed by atoms with Gasteiger partial charge in [-0.3, -0.25) is 4.79 Å². The molecular weight excluding hydrogens is 462 g/mol. The van der Waals surface area contributed by atoms with Crippen molar-refractivity contribution in [2.45, 2.75) is 43.8 Å². The molecule has 0 radical (unpaired) electrons. The third kappa shape index (κ3) is 3.47. The van der Waals surface area contributed by atoms with Crippen molar-refractivity contribution in [2.75, 3.05) is 7.05 Å². The number of benzene rings is 2. The van der Waals surface area contributed by atoms with Crippen LogP contribution in [0.3, 0.4) is 0 Å². The van der Waals surface area contributed by atoms with Crippen molar-refractivity contribution in [1.29, 1.82) is 0 Å². The van der Waals surface area contributed by atoms with E-state index >= 15 is 0 Å². The summed E-state index contributed by atoms with van der Waals surface area (Å²) in [7, 11) is 4.28. The van der Waals surface area contributed by atoms with Crippen molar-refractivity contribution >= 4 is 45.1 Å². The van der Waals surface area contributed by atoms with Crippen LogP contribution in [0.1, 0.15) is 36.0 Å². The highest BCUT2D eigenvalue weighted by Gasteiger charge is 2.39. The SMILES string of the molecule is CN1[C@@H]2CC[C@H]1C[C@@H](NC(=O)c1c(-c3ccccc3)n(C)c3cccc(Br)c13)C2.Cl. The molecule has 0 spiro atoms. The second kappa shape index (κ2) is 8.37. The summed E-state index contributed by atoms with van der Waals surface area (Å²) in [5.41, 5.74) is 3.87. The highest BCUT2D eigenvalue weighted by molar-refractivity contribution is 9.10. The number of rotatable bonds is 3. The van der Waals surface area contributed by atoms with Crippen LogP contribution in [0.25, 0.3) is 22.2 Å². The van der Waals surface area contributed by atoms with E-state index in [9.17, 15) is 4.79 Å². The summed E-state index contributed by atoms with van der Waals surface area (Å²) in [6.45, 7) is 0. The molecule has 2 saturated heterocycles. The summed E-state index contributed by atoms with van der Waals surface area (Å²) in [6, 6.07) is 17.8. The maximum Gasteiger partial charge on any atom is 0.254 e. The van der Waals surface area contributed by atoms with E-state index in [-0.39, 0.29) is 24.4 Å². The molecule has 3 heterocycles. The maximum absolute atomic E-state index is 13.6. The number of nitrogens with one attached hydrogen (secondary N) is 1. The fourth-order valence-electron chi connectivity index (χ4n) is 5.39. The van der Waals surface area contributed by atoms with Gasteiger partial charge in [0.05, 0.1) is 16.8 Å². The zero-order valence-electron chi connectivity index (χ0n) is 17.3. The van der Waals surface area contributed by atoms with Crippen molar-refractivity contribution in [1.82, 2.24) is 14.8 Å². The van der Waals surface area contributed by atoms with Crippen molar-refractivity contribution in [3.63, 3.8) is 0 Å². The molecule has 6 heteroatoms. The van der Waals surface area contributed by atoms with Gasteiger partial charge >= 0.3 is 0 Å². The number of halogens is 2. The first-order valence-corrected chi connectivity index (χ1v) is 11.2. The van der Waals surface area contributed by atoms with Crippen molar-refractivity contribution in [2.24, 2.45) is 7.05 Å². The molecule has 1 aromatic heterocycles. The zero-order valence-corrected chi connectivity index (χ0v) is 19.7. The molecule has 3 aromatic rings. The molecule has 2 fully saturated rings. The van der Waals surface area contributed by atoms with Gasteiger partial charge in [-0.05, 0) is 50.4 Å². The molecular formula is C24H27BrClN3O. The third-order valence-electron chi connectivity index (χ3n) is 6.88. The van der Waals surface area contributed by atoms with E-state index in [4.69, 9.17) is 0 Å². The van der Waals surface area contributed by atoms with Crippen LogP contribution in [0, 0.1) is 0 Å². The fourth-order valence-corrected chi connectivity index (χ4v) is 5.94. The van der Waals surface area contributed by atoms with Gasteiger partial charge in [0.1, 0.15) is 0 Å². The number of nitrogens with zero attached hydrogens (tertiary/aromatic N) is 2. The number of carbonyl (C=O) groups is 1. The third-order valence-corrected chi connectivity index (χ3v) is 7.54. The number of piperidine rings is 1. The van der Waals surface area contributed by atoms with Gasteiger partial charge < -0.3 is 14.8 Å². The number of amides is 1. The Bertz CT molecular complexity index is 1070. The van der Waals surface area contributed by atoms with Gasteiger partial charge in [0.2, 0.25) is 0 Å². The van der Waals surface area contributed by atoms with E-state index in [0.717, 1.165) is 45.0 Å². The molecule has 2 aliphatic rings. The second-order valence-electron chi connectivity index (χ2n) is 8.47. The number of hydrogen-bond acceptors (Lipinski definition) is 2. The Kier molecular flexibility index (Phi) is 5.97. The van der Waals surface area contributed by atoms with Gasteiger partial charge in [0, 0.05) is 35.0 Å². The highest BCUT2D eigenvalue weighted by atomic mass is 79.9. The summed E-state index contributed by atoms with van der Waals surface area (Å²) in [6.07, 6.45) is 4.60. The molecule has 4 nitrogen and oxygen atoms in total. The highest BCUT2D eigenvalue weighted by Crippen LogP contribution is 2.38. The molecule has 5 rings (SSSR count). The summed E-state index contributed by atoms with van der Waals surface area (Å²) in [4.78, 5) is 16.1. The lowest BCUT2D eigenvalue weighted by Crippen LogP contribution is -2.48. The van der Waals surface area contributed by atoms with Crippen LogP contribution in [0.4, 0.5) is 0 Å². The van der Waals surface area contributed by atoms with Gasteiger partial charge in [-0.2, -0.15) is 0 Å². The van der Waals surface area contributed by atoms with E-state index in [1.165, 1.54) is 12.8 Å². The topological polar surface area (TPSA) is 37.3 Å². The fraction of sp³-hybridized carbons (Fsp3) is 0.375. The Hall–Kier alpha value is -1.82. The molecule has 1 amide bonds. The van der Waals surface area contributed by atoms with E-state index in [0.29, 0.717) is 12.1 Å². The molecule has 0 unspecified atom stereocenters. The van der Waals surface area contributed by atoms with Gasteiger partial charge in [-0.1, -0.05) is 52.3 Å². The first-order chi connectivity index (χ1) is 14.0. The molecule has 0 aliphatic carbocycles. The molecule has 3 atom stereocenters. The Balaban J connectivity index is 0.00000218. The lowest BCUT2D eigenvalue weighted by molar-refractivity contribution is 0.0884. The quantitative estimate of drug-likeness (QED) is 0.537. The maximum atomic E-state index is 13.6. The molecule has 0 saturated carbocycles. The van der Waals surface area contributed by atoms with Crippen LogP contribution in [0.15, 0.2) is 53.0 Å². The van der Waals surface area contributed by atoms with Crippen LogP contribution >= 0.6 is 28.3 Å². The minimum atomic E-state index is 0. The van der Waals surface area contributed by atoms with E-state index < -0.39 is 0 Å². The number of aryl methyl sites for hydroxylation is 1. The molecule has 1 N–H and O–H groups in total. The van der Waals surface area contributed by atoms with E-state index in [1.807, 2.05) is 37.4 Å². The van der Waals surface area contributed by atoms with Crippen LogP contribution in [0.5, 0.6) is 0 Å². The number of aromatic nitrogens is 1. The Morgan fingerprint density at radius 2 is 1.67 bits per heavy atom. The lowest BCUT2D eigenvalue weighted by Gasteiger charge is -2.36. The first kappa shape index (κ1) is 21.4. The molecule has 2 aromatic carbocycles. The van der Waals surface area contributed by atoms with E-state index in [2.05, 4.69) is 56.0 Å². The normalized spacial score (nSPS) is 23.4. The average Bonchev–Trinajstić information content (AvgIpc) is 3.11. The molecule has 158 valence electrons. The Morgan fingerprint density at radius 3 is 2.33 bits per heavy atom. The number of hydrogen-bond donors (Lipinski definition) is 1. The molecule has 2 aliphatic heterocycles. The predicted octanol–water partition coefficient (Wildman–Crippen LogP) is 5.38. The Morgan fingerprint density at radius 1 is 1.00 bits per heavy atom. The van der Waals surface area contributed by atoms with Crippen molar-refractivity contribution in [3.05, 3.63) is 58.6 Å². The van der Waals surface area contributed by atoms with Gasteiger partial charge in [0.15, 0.2) is 0 Å². The van der Waals surface area contributed by atoms with Crippen LogP contribution in [-0.4, -0.2) is 40.5 Å². The van der Waals surface area contributed by atoms with Crippen molar-refractivity contribution < 1.29 is 4.79 Å². The van der Waals surface area contributed by atoms with Gasteiger partial charge in [-0.15, -0.1) is 12.4 Å². The van der Waals surface area contributed by atoms with Gasteiger partial charge in [-0.25, -0.2) is 0 Å². The second-order valence-corrected chi connectivity index (χ2v) is 9.33. The van der Waals surface area contributed by atoms with Crippen LogP contribution in [0.2, 0.25) is 0 Å². The Labute approximate surface area is 192 Å². The molecule has 30 heavy (non-hydrogen) atoms. The number of fused-ring (bicyclic) bond motifs is 3. The van der Waals surface area contributed by atoms with Crippen molar-refractivity contribution in [3.8, 4) is 11.3 Å². The van der Waals surface area contributed by atoms with Crippen LogP contribution in [-0.2, 0) is 7.05 Å². The standard InChI is InChI=1S/C24H26BrN3O.ClH/c1-27-17-11-12-18(27)14-16(13-17)26-24(29)22-21-19(25)9-6-10-20(21)28(2)23(22)15-7-4-3-5-8-15;/h3-10,16-18H,11-14H2,1-2H3,(H,26,29);1H/t16-,17+,18-;. The summed E-state index contributed by atoms with van der Waals surface area (Å²) in [5, 5.41) is 4.39. The number of carbonyl (C=O) groups excluding carboxylic acids is 1. The lowest BCUT2D eigenvalue weighted by atomic mass is 9.97. The minimum absolute atomic E-state index is 0. The van der Waals surface area contributed by atoms with Crippen LogP contribution < -0.4 is 5.32 Å². The van der Waals surface area contributed by atoms with Gasteiger partial charge in [0.25, 0.3) is 5.91 Å². The average molecular weight is 489 g/mol. The summed E-state index contributed by atoms with van der Waals surface area (Å²) >= 11 is 3.70. The molecule has 2 bridgehead atoms. The summed E-state index contributed by atoms with van der Waals surface area (Å²) < 4.78 is 3.10. The predicted molar refractivity (Wildman–Crippen MR) is 128 cm³/mol.